The van der Waals surface area contributed by atoms with Crippen LogP contribution in [0.4, 0.5) is 5.69 Å². The van der Waals surface area contributed by atoms with Crippen molar-refractivity contribution in [2.75, 3.05) is 18.9 Å². The van der Waals surface area contributed by atoms with Crippen LogP contribution in [0, 0.1) is 22.7 Å². The van der Waals surface area contributed by atoms with Crippen LogP contribution in [0.5, 0.6) is 0 Å². The number of para-hydroxylation sites is 1. The van der Waals surface area contributed by atoms with Gasteiger partial charge >= 0.3 is 0 Å². The van der Waals surface area contributed by atoms with E-state index in [0.29, 0.717) is 24.2 Å². The minimum Gasteiger partial charge on any atom is -0.324 e. The third-order valence-electron chi connectivity index (χ3n) is 2.92. The zero-order valence-electron chi connectivity index (χ0n) is 11.1. The van der Waals surface area contributed by atoms with Crippen molar-refractivity contribution in [3.63, 3.8) is 0 Å². The lowest BCUT2D eigenvalue weighted by atomic mass is 10.2. The van der Waals surface area contributed by atoms with Gasteiger partial charge in [-0.3, -0.25) is 9.69 Å². The number of anilines is 1. The van der Waals surface area contributed by atoms with E-state index in [1.807, 2.05) is 12.1 Å². The Morgan fingerprint density at radius 2 is 2.11 bits per heavy atom. The van der Waals surface area contributed by atoms with Crippen molar-refractivity contribution in [1.82, 2.24) is 4.90 Å². The smallest absolute Gasteiger partial charge is 0.241 e. The number of benzene rings is 1. The fourth-order valence-electron chi connectivity index (χ4n) is 1.55. The van der Waals surface area contributed by atoms with E-state index in [-0.39, 0.29) is 11.9 Å². The Hall–Kier alpha value is -2.37. The second-order valence-corrected chi connectivity index (χ2v) is 4.21. The molecule has 0 saturated carbocycles. The maximum absolute atomic E-state index is 12.0. The van der Waals surface area contributed by atoms with E-state index in [4.69, 9.17) is 10.5 Å². The first-order valence-electron chi connectivity index (χ1n) is 5.97. The summed E-state index contributed by atoms with van der Waals surface area (Å²) in [5.74, 6) is -0.192. The lowest BCUT2D eigenvalue weighted by molar-refractivity contribution is -0.120. The van der Waals surface area contributed by atoms with Gasteiger partial charge in [0.05, 0.1) is 23.4 Å². The van der Waals surface area contributed by atoms with Gasteiger partial charge < -0.3 is 5.32 Å². The number of amides is 1. The normalized spacial score (nSPS) is 11.4. The molecule has 0 radical (unpaired) electrons. The molecule has 1 aromatic rings. The van der Waals surface area contributed by atoms with E-state index in [9.17, 15) is 4.79 Å². The molecular formula is C14H16N4O. The molecule has 5 nitrogen and oxygen atoms in total. The number of hydrogen-bond acceptors (Lipinski definition) is 4. The van der Waals surface area contributed by atoms with Crippen molar-refractivity contribution < 1.29 is 4.79 Å². The maximum Gasteiger partial charge on any atom is 0.241 e. The van der Waals surface area contributed by atoms with Gasteiger partial charge in [-0.2, -0.15) is 10.5 Å². The van der Waals surface area contributed by atoms with Gasteiger partial charge in [0.15, 0.2) is 0 Å². The van der Waals surface area contributed by atoms with Crippen molar-refractivity contribution in [1.29, 1.82) is 10.5 Å². The highest BCUT2D eigenvalue weighted by Crippen LogP contribution is 2.14. The Kier molecular flexibility index (Phi) is 5.53. The summed E-state index contributed by atoms with van der Waals surface area (Å²) in [6.45, 7) is 2.30. The molecule has 0 aliphatic carbocycles. The SMILES string of the molecule is CC(C(=O)Nc1ccccc1C#N)N(C)CCC#N. The highest BCUT2D eigenvalue weighted by Gasteiger charge is 2.18. The summed E-state index contributed by atoms with van der Waals surface area (Å²) >= 11 is 0. The number of carbonyl (C=O) groups is 1. The van der Waals surface area contributed by atoms with Gasteiger partial charge in [0.2, 0.25) is 5.91 Å². The fourth-order valence-corrected chi connectivity index (χ4v) is 1.55. The number of nitriles is 2. The van der Waals surface area contributed by atoms with Gasteiger partial charge in [-0.1, -0.05) is 12.1 Å². The zero-order chi connectivity index (χ0) is 14.3. The largest absolute Gasteiger partial charge is 0.324 e. The van der Waals surface area contributed by atoms with Crippen LogP contribution in [0.15, 0.2) is 24.3 Å². The number of rotatable bonds is 5. The Bertz CT molecular complexity index is 527. The lowest BCUT2D eigenvalue weighted by Crippen LogP contribution is -2.40. The van der Waals surface area contributed by atoms with Crippen molar-refractivity contribution in [3.8, 4) is 12.1 Å². The molecular weight excluding hydrogens is 240 g/mol. The molecule has 1 amide bonds. The first-order chi connectivity index (χ1) is 9.10. The standard InChI is InChI=1S/C14H16N4O/c1-11(18(2)9-5-8-15)14(19)17-13-7-4-3-6-12(13)10-16/h3-4,6-7,11H,5,9H2,1-2H3,(H,17,19). The van der Waals surface area contributed by atoms with Crippen LogP contribution in [0.25, 0.3) is 0 Å². The lowest BCUT2D eigenvalue weighted by Gasteiger charge is -2.22. The van der Waals surface area contributed by atoms with E-state index >= 15 is 0 Å². The second-order valence-electron chi connectivity index (χ2n) is 4.21. The molecule has 5 heteroatoms. The summed E-state index contributed by atoms with van der Waals surface area (Å²) in [7, 11) is 1.79. The van der Waals surface area contributed by atoms with Crippen LogP contribution in [0.3, 0.4) is 0 Å². The van der Waals surface area contributed by atoms with Gasteiger partial charge in [0.1, 0.15) is 6.07 Å². The molecule has 0 aliphatic heterocycles. The summed E-state index contributed by atoms with van der Waals surface area (Å²) < 4.78 is 0. The first kappa shape index (κ1) is 14.7. The highest BCUT2D eigenvalue weighted by molar-refractivity contribution is 5.95. The van der Waals surface area contributed by atoms with E-state index in [1.54, 1.807) is 43.1 Å². The van der Waals surface area contributed by atoms with Crippen molar-refractivity contribution >= 4 is 11.6 Å². The van der Waals surface area contributed by atoms with Crippen molar-refractivity contribution in [2.45, 2.75) is 19.4 Å². The second kappa shape index (κ2) is 7.15. The van der Waals surface area contributed by atoms with Crippen LogP contribution in [0.2, 0.25) is 0 Å². The fraction of sp³-hybridized carbons (Fsp3) is 0.357. The van der Waals surface area contributed by atoms with E-state index in [2.05, 4.69) is 5.32 Å². The number of hydrogen-bond donors (Lipinski definition) is 1. The molecule has 1 N–H and O–H groups in total. The highest BCUT2D eigenvalue weighted by atomic mass is 16.2. The van der Waals surface area contributed by atoms with E-state index < -0.39 is 0 Å². The van der Waals surface area contributed by atoms with Crippen molar-refractivity contribution in [3.05, 3.63) is 29.8 Å². The van der Waals surface area contributed by atoms with Crippen LogP contribution in [-0.2, 0) is 4.79 Å². The molecule has 0 bridgehead atoms. The molecule has 0 spiro atoms. The van der Waals surface area contributed by atoms with Crippen LogP contribution in [-0.4, -0.2) is 30.4 Å². The Balaban J connectivity index is 2.69. The quantitative estimate of drug-likeness (QED) is 0.870. The molecule has 0 saturated heterocycles. The number of carbonyl (C=O) groups excluding carboxylic acids is 1. The van der Waals surface area contributed by atoms with Crippen molar-refractivity contribution in [2.24, 2.45) is 0 Å². The molecule has 0 heterocycles. The Labute approximate surface area is 113 Å². The molecule has 0 fully saturated rings. The van der Waals surface area contributed by atoms with Gasteiger partial charge in [-0.15, -0.1) is 0 Å². The van der Waals surface area contributed by atoms with Gasteiger partial charge in [0.25, 0.3) is 0 Å². The van der Waals surface area contributed by atoms with Gasteiger partial charge in [-0.25, -0.2) is 0 Å². The number of nitrogens with zero attached hydrogens (tertiary/aromatic N) is 3. The Morgan fingerprint density at radius 3 is 2.74 bits per heavy atom. The van der Waals surface area contributed by atoms with Gasteiger partial charge in [-0.05, 0) is 26.1 Å². The molecule has 1 unspecified atom stereocenters. The van der Waals surface area contributed by atoms with E-state index in [1.165, 1.54) is 0 Å². The van der Waals surface area contributed by atoms with Crippen LogP contribution in [0.1, 0.15) is 18.9 Å². The molecule has 0 aromatic heterocycles. The number of nitrogens with one attached hydrogen (secondary N) is 1. The maximum atomic E-state index is 12.0. The monoisotopic (exact) mass is 256 g/mol. The third kappa shape index (κ3) is 4.09. The van der Waals surface area contributed by atoms with Crippen LogP contribution < -0.4 is 5.32 Å². The predicted octanol–water partition coefficient (Wildman–Crippen LogP) is 1.73. The molecule has 98 valence electrons. The third-order valence-corrected chi connectivity index (χ3v) is 2.92. The predicted molar refractivity (Wildman–Crippen MR) is 72.1 cm³/mol. The van der Waals surface area contributed by atoms with Gasteiger partial charge in [0, 0.05) is 13.0 Å². The summed E-state index contributed by atoms with van der Waals surface area (Å²) in [5.41, 5.74) is 0.943. The molecule has 0 aliphatic rings. The summed E-state index contributed by atoms with van der Waals surface area (Å²) in [6.07, 6.45) is 0.378. The minimum atomic E-state index is -0.361. The summed E-state index contributed by atoms with van der Waals surface area (Å²) in [4.78, 5) is 13.8. The molecule has 1 atom stereocenters. The molecule has 1 rings (SSSR count). The summed E-state index contributed by atoms with van der Waals surface area (Å²) in [6, 6.07) is 10.6. The average Bonchev–Trinajstić information content (AvgIpc) is 2.44. The minimum absolute atomic E-state index is 0.192. The van der Waals surface area contributed by atoms with E-state index in [0.717, 1.165) is 0 Å². The molecule has 19 heavy (non-hydrogen) atoms. The van der Waals surface area contributed by atoms with Crippen LogP contribution >= 0.6 is 0 Å². The first-order valence-corrected chi connectivity index (χ1v) is 5.97. The molecule has 1 aromatic carbocycles. The zero-order valence-corrected chi connectivity index (χ0v) is 11.1. The summed E-state index contributed by atoms with van der Waals surface area (Å²) in [5, 5.41) is 20.2. The Morgan fingerprint density at radius 1 is 1.42 bits per heavy atom. The number of likely N-dealkylation sites (N-methyl/N-ethyl adjacent to an activating group) is 1. The topological polar surface area (TPSA) is 79.9 Å². The average molecular weight is 256 g/mol.